The lowest BCUT2D eigenvalue weighted by Crippen LogP contribution is -2.05. The molecule has 0 aliphatic carbocycles. The second-order valence-corrected chi connectivity index (χ2v) is 3.26. The number of aromatic amines is 1. The fourth-order valence-electron chi connectivity index (χ4n) is 1.63. The SMILES string of the molecule is CCOC(=O)c1cccc2c(NO)c[nH]c12. The first-order valence-electron chi connectivity index (χ1n) is 4.95. The van der Waals surface area contributed by atoms with Gasteiger partial charge < -0.3 is 9.72 Å². The van der Waals surface area contributed by atoms with Crippen LogP contribution in [0.15, 0.2) is 24.4 Å². The van der Waals surface area contributed by atoms with E-state index >= 15 is 0 Å². The predicted octanol–water partition coefficient (Wildman–Crippen LogP) is 2.15. The van der Waals surface area contributed by atoms with Gasteiger partial charge >= 0.3 is 5.97 Å². The first-order valence-corrected chi connectivity index (χ1v) is 4.95. The number of hydrogen-bond donors (Lipinski definition) is 3. The van der Waals surface area contributed by atoms with Gasteiger partial charge in [0.05, 0.1) is 23.4 Å². The number of benzene rings is 1. The van der Waals surface area contributed by atoms with Gasteiger partial charge in [-0.25, -0.2) is 4.79 Å². The molecule has 0 aliphatic heterocycles. The Morgan fingerprint density at radius 2 is 2.38 bits per heavy atom. The van der Waals surface area contributed by atoms with E-state index in [1.54, 1.807) is 31.3 Å². The van der Waals surface area contributed by atoms with Crippen molar-refractivity contribution >= 4 is 22.6 Å². The van der Waals surface area contributed by atoms with Crippen LogP contribution in [-0.4, -0.2) is 22.8 Å². The summed E-state index contributed by atoms with van der Waals surface area (Å²) in [4.78, 5) is 14.6. The highest BCUT2D eigenvalue weighted by Gasteiger charge is 2.13. The lowest BCUT2D eigenvalue weighted by Gasteiger charge is -2.03. The third kappa shape index (κ3) is 1.61. The Morgan fingerprint density at radius 3 is 3.06 bits per heavy atom. The Labute approximate surface area is 92.0 Å². The lowest BCUT2D eigenvalue weighted by molar-refractivity contribution is 0.0528. The molecule has 5 nitrogen and oxygen atoms in total. The van der Waals surface area contributed by atoms with Gasteiger partial charge in [-0.2, -0.15) is 0 Å². The Bertz CT molecular complexity index is 519. The van der Waals surface area contributed by atoms with Gasteiger partial charge in [0, 0.05) is 11.6 Å². The summed E-state index contributed by atoms with van der Waals surface area (Å²) in [5.74, 6) is -0.376. The third-order valence-corrected chi connectivity index (χ3v) is 2.33. The van der Waals surface area contributed by atoms with E-state index in [4.69, 9.17) is 9.94 Å². The Morgan fingerprint density at radius 1 is 1.56 bits per heavy atom. The fourth-order valence-corrected chi connectivity index (χ4v) is 1.63. The van der Waals surface area contributed by atoms with Crippen LogP contribution in [0.4, 0.5) is 5.69 Å². The molecule has 0 saturated carbocycles. The van der Waals surface area contributed by atoms with Gasteiger partial charge in [0.15, 0.2) is 0 Å². The molecule has 0 atom stereocenters. The average molecular weight is 220 g/mol. The molecular formula is C11H12N2O3. The van der Waals surface area contributed by atoms with E-state index in [1.807, 2.05) is 0 Å². The number of anilines is 1. The number of carbonyl (C=O) groups excluding carboxylic acids is 1. The van der Waals surface area contributed by atoms with Gasteiger partial charge in [0.1, 0.15) is 0 Å². The second-order valence-electron chi connectivity index (χ2n) is 3.26. The molecule has 2 rings (SSSR count). The van der Waals surface area contributed by atoms with Crippen molar-refractivity contribution in [2.45, 2.75) is 6.92 Å². The smallest absolute Gasteiger partial charge is 0.340 e. The highest BCUT2D eigenvalue weighted by molar-refractivity contribution is 6.06. The van der Waals surface area contributed by atoms with Crippen molar-refractivity contribution in [3.8, 4) is 0 Å². The highest BCUT2D eigenvalue weighted by Crippen LogP contribution is 2.25. The molecule has 0 saturated heterocycles. The quantitative estimate of drug-likeness (QED) is 0.547. The predicted molar refractivity (Wildman–Crippen MR) is 59.7 cm³/mol. The van der Waals surface area contributed by atoms with Crippen molar-refractivity contribution in [2.75, 3.05) is 12.1 Å². The van der Waals surface area contributed by atoms with Crippen molar-refractivity contribution < 1.29 is 14.7 Å². The number of nitrogens with one attached hydrogen (secondary N) is 2. The first-order chi connectivity index (χ1) is 7.77. The summed E-state index contributed by atoms with van der Waals surface area (Å²) < 4.78 is 4.94. The van der Waals surface area contributed by atoms with Crippen molar-refractivity contribution in [1.82, 2.24) is 4.98 Å². The Kier molecular flexibility index (Phi) is 2.78. The minimum absolute atomic E-state index is 0.334. The zero-order chi connectivity index (χ0) is 11.5. The topological polar surface area (TPSA) is 74.3 Å². The van der Waals surface area contributed by atoms with Gasteiger partial charge in [0.25, 0.3) is 0 Å². The summed E-state index contributed by atoms with van der Waals surface area (Å²) >= 11 is 0. The van der Waals surface area contributed by atoms with Crippen LogP contribution in [0.2, 0.25) is 0 Å². The molecule has 16 heavy (non-hydrogen) atoms. The number of hydrogen-bond acceptors (Lipinski definition) is 4. The van der Waals surface area contributed by atoms with Crippen molar-refractivity contribution in [1.29, 1.82) is 0 Å². The van der Waals surface area contributed by atoms with Crippen molar-refractivity contribution in [3.05, 3.63) is 30.0 Å². The molecule has 3 N–H and O–H groups in total. The van der Waals surface area contributed by atoms with Gasteiger partial charge in [-0.1, -0.05) is 12.1 Å². The maximum absolute atomic E-state index is 11.6. The number of aromatic nitrogens is 1. The Hall–Kier alpha value is -2.01. The number of H-pyrrole nitrogens is 1. The van der Waals surface area contributed by atoms with Gasteiger partial charge in [-0.05, 0) is 13.0 Å². The lowest BCUT2D eigenvalue weighted by atomic mass is 10.1. The van der Waals surface area contributed by atoms with Crippen LogP contribution in [0, 0.1) is 0 Å². The molecule has 0 unspecified atom stereocenters. The molecule has 1 heterocycles. The van der Waals surface area contributed by atoms with Crippen molar-refractivity contribution in [3.63, 3.8) is 0 Å². The van der Waals surface area contributed by atoms with Gasteiger partial charge in [-0.15, -0.1) is 0 Å². The van der Waals surface area contributed by atoms with Crippen LogP contribution in [0.25, 0.3) is 10.9 Å². The molecule has 0 radical (unpaired) electrons. The van der Waals surface area contributed by atoms with E-state index in [1.165, 1.54) is 0 Å². The first kappa shape index (κ1) is 10.5. The number of esters is 1. The second kappa shape index (κ2) is 4.24. The summed E-state index contributed by atoms with van der Waals surface area (Å²) in [7, 11) is 0. The normalized spacial score (nSPS) is 10.4. The van der Waals surface area contributed by atoms with Gasteiger partial charge in [-0.3, -0.25) is 10.7 Å². The zero-order valence-electron chi connectivity index (χ0n) is 8.78. The van der Waals surface area contributed by atoms with Crippen LogP contribution >= 0.6 is 0 Å². The number of carbonyl (C=O) groups is 1. The summed E-state index contributed by atoms with van der Waals surface area (Å²) in [6.45, 7) is 2.09. The summed E-state index contributed by atoms with van der Waals surface area (Å²) in [5, 5.41) is 9.61. The van der Waals surface area contributed by atoms with Crippen LogP contribution in [-0.2, 0) is 4.74 Å². The van der Waals surface area contributed by atoms with Crippen LogP contribution in [0.5, 0.6) is 0 Å². The number of ether oxygens (including phenoxy) is 1. The standard InChI is InChI=1S/C11H12N2O3/c1-2-16-11(14)8-5-3-4-7-9(13-15)6-12-10(7)8/h3-6,12-13,15H,2H2,1H3. The van der Waals surface area contributed by atoms with Crippen LogP contribution in [0.3, 0.4) is 0 Å². The van der Waals surface area contributed by atoms with Crippen molar-refractivity contribution in [2.24, 2.45) is 0 Å². The molecule has 0 aliphatic rings. The molecule has 1 aromatic heterocycles. The van der Waals surface area contributed by atoms with E-state index in [2.05, 4.69) is 10.5 Å². The van der Waals surface area contributed by atoms with E-state index in [9.17, 15) is 4.79 Å². The monoisotopic (exact) mass is 220 g/mol. The molecular weight excluding hydrogens is 208 g/mol. The van der Waals surface area contributed by atoms with E-state index in [0.717, 1.165) is 5.39 Å². The summed E-state index contributed by atoms with van der Waals surface area (Å²) in [5.41, 5.74) is 3.70. The van der Waals surface area contributed by atoms with E-state index in [0.29, 0.717) is 23.4 Å². The maximum atomic E-state index is 11.6. The molecule has 0 spiro atoms. The van der Waals surface area contributed by atoms with Gasteiger partial charge in [0.2, 0.25) is 0 Å². The van der Waals surface area contributed by atoms with Crippen LogP contribution < -0.4 is 5.48 Å². The largest absolute Gasteiger partial charge is 0.462 e. The van der Waals surface area contributed by atoms with E-state index < -0.39 is 0 Å². The average Bonchev–Trinajstić information content (AvgIpc) is 2.71. The highest BCUT2D eigenvalue weighted by atomic mass is 16.5. The zero-order valence-corrected chi connectivity index (χ0v) is 8.78. The summed E-state index contributed by atoms with van der Waals surface area (Å²) in [6, 6.07) is 5.22. The number of rotatable bonds is 3. The number of para-hydroxylation sites is 1. The molecule has 84 valence electrons. The molecule has 0 amide bonds. The molecule has 0 bridgehead atoms. The summed E-state index contributed by atoms with van der Waals surface area (Å²) in [6.07, 6.45) is 1.59. The molecule has 5 heteroatoms. The fraction of sp³-hybridized carbons (Fsp3) is 0.182. The molecule has 1 aromatic carbocycles. The number of fused-ring (bicyclic) bond motifs is 1. The van der Waals surface area contributed by atoms with E-state index in [-0.39, 0.29) is 5.97 Å². The molecule has 0 fully saturated rings. The minimum Gasteiger partial charge on any atom is -0.462 e. The van der Waals surface area contributed by atoms with Crippen LogP contribution in [0.1, 0.15) is 17.3 Å². The molecule has 2 aromatic rings. The Balaban J connectivity index is 2.54. The third-order valence-electron chi connectivity index (χ3n) is 2.33. The maximum Gasteiger partial charge on any atom is 0.340 e. The minimum atomic E-state index is -0.376.